The fourth-order valence-electron chi connectivity index (χ4n) is 1.95. The van der Waals surface area contributed by atoms with Gasteiger partial charge in [0.15, 0.2) is 5.69 Å². The highest BCUT2D eigenvalue weighted by molar-refractivity contribution is 6.39. The monoisotopic (exact) mass is 433 g/mol. The van der Waals surface area contributed by atoms with Crippen LogP contribution in [0.15, 0.2) is 17.2 Å². The van der Waals surface area contributed by atoms with Crippen LogP contribution in [-0.4, -0.2) is 16.4 Å². The third-order valence-electron chi connectivity index (χ3n) is 3.07. The molecule has 3 nitrogen and oxygen atoms in total. The topological polar surface area (TPSA) is 52.5 Å². The maximum absolute atomic E-state index is 12.8. The minimum absolute atomic E-state index is 0.256. The van der Waals surface area contributed by atoms with Crippen LogP contribution in [-0.2, 0) is 6.18 Å². The zero-order chi connectivity index (χ0) is 19.9. The quantitative estimate of drug-likeness (QED) is 0.555. The Kier molecular flexibility index (Phi) is 5.52. The van der Waals surface area contributed by atoms with Gasteiger partial charge in [-0.2, -0.15) is 36.7 Å². The maximum Gasteiger partial charge on any atom is 0.426 e. The second kappa shape index (κ2) is 7.02. The third-order valence-corrected chi connectivity index (χ3v) is 3.99. The number of nitriles is 1. The van der Waals surface area contributed by atoms with Crippen molar-refractivity contribution in [3.63, 3.8) is 0 Å². The highest BCUT2D eigenvalue weighted by Crippen LogP contribution is 2.42. The maximum atomic E-state index is 12.8. The third kappa shape index (κ3) is 4.09. The Morgan fingerprint density at radius 2 is 1.65 bits per heavy atom. The molecule has 26 heavy (non-hydrogen) atoms. The molecule has 1 aromatic carbocycles. The second-order valence-corrected chi connectivity index (χ2v) is 6.00. The van der Waals surface area contributed by atoms with Gasteiger partial charge in [0, 0.05) is 11.1 Å². The minimum atomic E-state index is -4.91. The van der Waals surface area contributed by atoms with E-state index in [1.165, 1.54) is 6.07 Å². The van der Waals surface area contributed by atoms with Crippen molar-refractivity contribution in [2.75, 3.05) is 0 Å². The molecule has 1 heterocycles. The van der Waals surface area contributed by atoms with Crippen molar-refractivity contribution in [2.45, 2.75) is 12.4 Å². The Morgan fingerprint density at radius 3 is 2.08 bits per heavy atom. The van der Waals surface area contributed by atoms with Crippen molar-refractivity contribution in [2.24, 2.45) is 0 Å². The number of hydrogen-bond acceptors (Lipinski definition) is 2. The molecule has 1 N–H and O–H groups in total. The van der Waals surface area contributed by atoms with Crippen LogP contribution in [0.2, 0.25) is 10.0 Å². The Balaban J connectivity index is 2.72. The normalized spacial score (nSPS) is 13.0. The average Bonchev–Trinajstić information content (AvgIpc) is 2.87. The van der Waals surface area contributed by atoms with Gasteiger partial charge in [-0.25, -0.2) is 0 Å². The van der Waals surface area contributed by atoms with Crippen LogP contribution in [0.1, 0.15) is 16.8 Å². The minimum Gasteiger partial charge on any atom is -0.276 e. The van der Waals surface area contributed by atoms with Gasteiger partial charge in [0.25, 0.3) is 0 Å². The molecule has 0 aliphatic carbocycles. The number of allylic oxidation sites excluding steroid dienone is 1. The number of nitrogens with one attached hydrogen (secondary N) is 1. The lowest BCUT2D eigenvalue weighted by atomic mass is 10.0. The Bertz CT molecular complexity index is 898. The highest BCUT2D eigenvalue weighted by atomic mass is 35.5. The second-order valence-electron chi connectivity index (χ2n) is 4.78. The Hall–Kier alpha value is -1.89. The van der Waals surface area contributed by atoms with Crippen LogP contribution in [0.25, 0.3) is 17.3 Å². The van der Waals surface area contributed by atoms with Gasteiger partial charge in [0.05, 0.1) is 21.3 Å². The van der Waals surface area contributed by atoms with E-state index in [2.05, 4.69) is 10.2 Å². The first-order valence-electron chi connectivity index (χ1n) is 6.35. The summed E-state index contributed by atoms with van der Waals surface area (Å²) < 4.78 is 76.4. The summed E-state index contributed by atoms with van der Waals surface area (Å²) in [5.41, 5.74) is -2.59. The van der Waals surface area contributed by atoms with E-state index >= 15 is 0 Å². The number of aromatic amines is 1. The number of alkyl halides is 6. The molecular formula is C14H4Cl3F6N3. The average molecular weight is 435 g/mol. The van der Waals surface area contributed by atoms with Crippen molar-refractivity contribution in [1.82, 2.24) is 10.2 Å². The molecule has 2 rings (SSSR count). The molecule has 1 aromatic heterocycles. The predicted molar refractivity (Wildman–Crippen MR) is 83.6 cm³/mol. The standard InChI is InChI=1S/C14H4Cl3F6N3/c15-7-1-5(13(18,19)20)2-8(16)11(7)12-6(9(4-24)25-26-12)3-10(17)14(21,22)23/h1-3H,(H,25,26)/b10-3-. The van der Waals surface area contributed by atoms with E-state index in [1.807, 2.05) is 0 Å². The van der Waals surface area contributed by atoms with Crippen molar-refractivity contribution in [3.8, 4) is 17.3 Å². The summed E-state index contributed by atoms with van der Waals surface area (Å²) >= 11 is 16.8. The molecule has 0 atom stereocenters. The first kappa shape index (κ1) is 20.4. The van der Waals surface area contributed by atoms with Gasteiger partial charge in [0.1, 0.15) is 11.1 Å². The van der Waals surface area contributed by atoms with Crippen LogP contribution in [0.4, 0.5) is 26.3 Å². The van der Waals surface area contributed by atoms with E-state index in [9.17, 15) is 26.3 Å². The number of H-pyrrole nitrogens is 1. The van der Waals surface area contributed by atoms with Crippen LogP contribution in [0.5, 0.6) is 0 Å². The van der Waals surface area contributed by atoms with E-state index < -0.39 is 44.3 Å². The number of benzene rings is 1. The molecule has 0 aliphatic rings. The largest absolute Gasteiger partial charge is 0.426 e. The van der Waals surface area contributed by atoms with Gasteiger partial charge in [-0.1, -0.05) is 34.8 Å². The SMILES string of the molecule is N#Cc1n[nH]c(-c2c(Cl)cc(C(F)(F)F)cc2Cl)c1/C=C(\Cl)C(F)(F)F. The van der Waals surface area contributed by atoms with Crippen molar-refractivity contribution in [1.29, 1.82) is 5.26 Å². The van der Waals surface area contributed by atoms with Crippen molar-refractivity contribution in [3.05, 3.63) is 44.0 Å². The van der Waals surface area contributed by atoms with Crippen LogP contribution in [0, 0.1) is 11.3 Å². The number of rotatable bonds is 2. The first-order chi connectivity index (χ1) is 11.9. The van der Waals surface area contributed by atoms with Gasteiger partial charge in [-0.15, -0.1) is 0 Å². The summed E-state index contributed by atoms with van der Waals surface area (Å²) in [6.07, 6.45) is -9.24. The van der Waals surface area contributed by atoms with Gasteiger partial charge >= 0.3 is 12.4 Å². The molecule has 0 saturated carbocycles. The summed E-state index contributed by atoms with van der Waals surface area (Å²) in [6, 6.07) is 2.64. The van der Waals surface area contributed by atoms with E-state index in [1.54, 1.807) is 0 Å². The lowest BCUT2D eigenvalue weighted by molar-refractivity contribution is -0.137. The van der Waals surface area contributed by atoms with E-state index in [0.717, 1.165) is 0 Å². The predicted octanol–water partition coefficient (Wildman–Crippen LogP) is 6.42. The molecule has 0 spiro atoms. The Morgan fingerprint density at radius 1 is 1.12 bits per heavy atom. The molecule has 0 saturated heterocycles. The summed E-state index contributed by atoms with van der Waals surface area (Å²) in [5.74, 6) is 0. The van der Waals surface area contributed by atoms with Crippen molar-refractivity contribution >= 4 is 40.9 Å². The number of aromatic nitrogens is 2. The van der Waals surface area contributed by atoms with Crippen molar-refractivity contribution < 1.29 is 26.3 Å². The molecule has 138 valence electrons. The first-order valence-corrected chi connectivity index (χ1v) is 7.49. The van der Waals surface area contributed by atoms with E-state index in [4.69, 9.17) is 40.1 Å². The van der Waals surface area contributed by atoms with Gasteiger partial charge < -0.3 is 0 Å². The highest BCUT2D eigenvalue weighted by Gasteiger charge is 2.34. The van der Waals surface area contributed by atoms with Gasteiger partial charge in [-0.05, 0) is 18.2 Å². The van der Waals surface area contributed by atoms with Crippen LogP contribution in [0.3, 0.4) is 0 Å². The van der Waals surface area contributed by atoms with Crippen LogP contribution >= 0.6 is 34.8 Å². The Labute approximate surface area is 156 Å². The summed E-state index contributed by atoms with van der Waals surface area (Å²) in [4.78, 5) is 0. The molecule has 0 unspecified atom stereocenters. The molecule has 0 radical (unpaired) electrons. The van der Waals surface area contributed by atoms with E-state index in [-0.39, 0.29) is 11.3 Å². The fourth-order valence-corrected chi connectivity index (χ4v) is 2.74. The summed E-state index contributed by atoms with van der Waals surface area (Å²) in [6.45, 7) is 0. The van der Waals surface area contributed by atoms with Crippen LogP contribution < -0.4 is 0 Å². The molecule has 0 bridgehead atoms. The summed E-state index contributed by atoms with van der Waals surface area (Å²) in [7, 11) is 0. The van der Waals surface area contributed by atoms with Gasteiger partial charge in [0.2, 0.25) is 0 Å². The smallest absolute Gasteiger partial charge is 0.276 e. The molecule has 0 fully saturated rings. The lowest BCUT2D eigenvalue weighted by Gasteiger charge is -2.12. The molecule has 12 heteroatoms. The van der Waals surface area contributed by atoms with E-state index in [0.29, 0.717) is 18.2 Å². The summed E-state index contributed by atoms with van der Waals surface area (Å²) in [5, 5.41) is 12.2. The number of halogens is 9. The number of hydrogen-bond donors (Lipinski definition) is 1. The molecule has 0 amide bonds. The zero-order valence-corrected chi connectivity index (χ0v) is 14.3. The fraction of sp³-hybridized carbons (Fsp3) is 0.143. The molecule has 0 aliphatic heterocycles. The molecule has 2 aromatic rings. The lowest BCUT2D eigenvalue weighted by Crippen LogP contribution is -2.07. The number of nitrogens with zero attached hydrogens (tertiary/aromatic N) is 2. The van der Waals surface area contributed by atoms with Gasteiger partial charge in [-0.3, -0.25) is 5.10 Å². The zero-order valence-electron chi connectivity index (χ0n) is 12.0. The molecular weight excluding hydrogens is 431 g/mol.